The molecule has 0 radical (unpaired) electrons. The SMILES string of the molecule is COC(C)(C)CCOCc1ccc(F)c(B(O)O)c1. The number of hydrogen-bond donors (Lipinski definition) is 2. The van der Waals surface area contributed by atoms with Gasteiger partial charge < -0.3 is 19.5 Å². The molecule has 1 rings (SSSR count). The first-order chi connectivity index (χ1) is 8.85. The Kier molecular flexibility index (Phi) is 5.94. The first-order valence-electron chi connectivity index (χ1n) is 6.13. The summed E-state index contributed by atoms with van der Waals surface area (Å²) in [5.74, 6) is -0.640. The highest BCUT2D eigenvalue weighted by molar-refractivity contribution is 6.58. The van der Waals surface area contributed by atoms with Crippen LogP contribution in [0.4, 0.5) is 4.39 Å². The molecule has 0 saturated carbocycles. The second kappa shape index (κ2) is 7.00. The molecular formula is C13H20BFO4. The predicted molar refractivity (Wildman–Crippen MR) is 71.6 cm³/mol. The van der Waals surface area contributed by atoms with Crippen molar-refractivity contribution in [3.63, 3.8) is 0 Å². The number of methoxy groups -OCH3 is 1. The van der Waals surface area contributed by atoms with Gasteiger partial charge in [0.1, 0.15) is 5.82 Å². The molecule has 1 aromatic rings. The van der Waals surface area contributed by atoms with Gasteiger partial charge in [0.05, 0.1) is 12.2 Å². The monoisotopic (exact) mass is 270 g/mol. The van der Waals surface area contributed by atoms with Crippen LogP contribution >= 0.6 is 0 Å². The van der Waals surface area contributed by atoms with Crippen molar-refractivity contribution in [3.05, 3.63) is 29.6 Å². The molecular weight excluding hydrogens is 250 g/mol. The number of benzene rings is 1. The summed E-state index contributed by atoms with van der Waals surface area (Å²) in [6.07, 6.45) is 0.736. The topological polar surface area (TPSA) is 58.9 Å². The largest absolute Gasteiger partial charge is 0.491 e. The lowest BCUT2D eigenvalue weighted by atomic mass is 9.79. The van der Waals surface area contributed by atoms with Gasteiger partial charge in [-0.3, -0.25) is 0 Å². The van der Waals surface area contributed by atoms with E-state index in [0.29, 0.717) is 18.8 Å². The third kappa shape index (κ3) is 5.28. The van der Waals surface area contributed by atoms with Crippen LogP contribution in [0.25, 0.3) is 0 Å². The number of hydrogen-bond acceptors (Lipinski definition) is 4. The van der Waals surface area contributed by atoms with Crippen LogP contribution < -0.4 is 5.46 Å². The van der Waals surface area contributed by atoms with Gasteiger partial charge in [-0.1, -0.05) is 12.1 Å². The van der Waals surface area contributed by atoms with E-state index >= 15 is 0 Å². The summed E-state index contributed by atoms with van der Waals surface area (Å²) in [6, 6.07) is 4.15. The Hall–Kier alpha value is -0.945. The fourth-order valence-corrected chi connectivity index (χ4v) is 1.49. The summed E-state index contributed by atoms with van der Waals surface area (Å²) in [5.41, 5.74) is 0.313. The van der Waals surface area contributed by atoms with Gasteiger partial charge in [-0.2, -0.15) is 0 Å². The van der Waals surface area contributed by atoms with Gasteiger partial charge in [0, 0.05) is 19.2 Å². The van der Waals surface area contributed by atoms with Crippen molar-refractivity contribution in [2.75, 3.05) is 13.7 Å². The quantitative estimate of drug-likeness (QED) is 0.569. The Morgan fingerprint density at radius 1 is 1.32 bits per heavy atom. The maximum Gasteiger partial charge on any atom is 0.491 e. The highest BCUT2D eigenvalue weighted by Gasteiger charge is 2.17. The van der Waals surface area contributed by atoms with E-state index in [0.717, 1.165) is 6.42 Å². The summed E-state index contributed by atoms with van der Waals surface area (Å²) < 4.78 is 24.0. The zero-order valence-corrected chi connectivity index (χ0v) is 11.5. The van der Waals surface area contributed by atoms with E-state index in [4.69, 9.17) is 19.5 Å². The first-order valence-corrected chi connectivity index (χ1v) is 6.13. The molecule has 106 valence electrons. The molecule has 0 aromatic heterocycles. The summed E-state index contributed by atoms with van der Waals surface area (Å²) in [5, 5.41) is 18.0. The van der Waals surface area contributed by atoms with Crippen molar-refractivity contribution < 1.29 is 23.9 Å². The predicted octanol–water partition coefficient (Wildman–Crippen LogP) is 0.837. The second-order valence-electron chi connectivity index (χ2n) is 5.00. The van der Waals surface area contributed by atoms with Crippen molar-refractivity contribution in [2.24, 2.45) is 0 Å². The third-order valence-electron chi connectivity index (χ3n) is 3.01. The molecule has 0 heterocycles. The Morgan fingerprint density at radius 2 is 2.00 bits per heavy atom. The maximum absolute atomic E-state index is 13.2. The molecule has 0 atom stereocenters. The molecule has 0 spiro atoms. The van der Waals surface area contributed by atoms with E-state index < -0.39 is 12.9 Å². The molecule has 1 aromatic carbocycles. The van der Waals surface area contributed by atoms with E-state index in [-0.39, 0.29) is 11.1 Å². The number of rotatable bonds is 7. The Labute approximate surface area is 113 Å². The van der Waals surface area contributed by atoms with Gasteiger partial charge >= 0.3 is 7.12 Å². The van der Waals surface area contributed by atoms with Crippen LogP contribution in [0.1, 0.15) is 25.8 Å². The van der Waals surface area contributed by atoms with E-state index in [2.05, 4.69) is 0 Å². The van der Waals surface area contributed by atoms with Crippen LogP contribution in [0.5, 0.6) is 0 Å². The lowest BCUT2D eigenvalue weighted by Crippen LogP contribution is -2.33. The zero-order chi connectivity index (χ0) is 14.5. The fourth-order valence-electron chi connectivity index (χ4n) is 1.49. The summed E-state index contributed by atoms with van der Waals surface area (Å²) >= 11 is 0. The standard InChI is InChI=1S/C13H20BFO4/c1-13(2,18-3)6-7-19-9-10-4-5-12(15)11(8-10)14(16)17/h4-5,8,16-17H,6-7,9H2,1-3H3. The number of halogens is 1. The van der Waals surface area contributed by atoms with Crippen LogP contribution in [0.15, 0.2) is 18.2 Å². The van der Waals surface area contributed by atoms with Crippen molar-refractivity contribution in [1.82, 2.24) is 0 Å². The van der Waals surface area contributed by atoms with Gasteiger partial charge in [-0.15, -0.1) is 0 Å². The van der Waals surface area contributed by atoms with E-state index in [1.165, 1.54) is 12.1 Å². The number of ether oxygens (including phenoxy) is 2. The first kappa shape index (κ1) is 16.1. The van der Waals surface area contributed by atoms with E-state index in [1.807, 2.05) is 13.8 Å². The minimum atomic E-state index is -1.81. The Balaban J connectivity index is 2.48. The molecule has 0 aliphatic heterocycles. The lowest BCUT2D eigenvalue weighted by molar-refractivity contribution is -0.0124. The van der Waals surface area contributed by atoms with Crippen LogP contribution in [0.2, 0.25) is 0 Å². The van der Waals surface area contributed by atoms with Crippen molar-refractivity contribution in [1.29, 1.82) is 0 Å². The maximum atomic E-state index is 13.2. The molecule has 0 aliphatic carbocycles. The van der Waals surface area contributed by atoms with E-state index in [9.17, 15) is 4.39 Å². The minimum Gasteiger partial charge on any atom is -0.423 e. The molecule has 0 unspecified atom stereocenters. The van der Waals surface area contributed by atoms with Crippen LogP contribution in [-0.2, 0) is 16.1 Å². The Bertz CT molecular complexity index is 410. The molecule has 0 bridgehead atoms. The fraction of sp³-hybridized carbons (Fsp3) is 0.538. The molecule has 0 fully saturated rings. The average molecular weight is 270 g/mol. The van der Waals surface area contributed by atoms with Crippen molar-refractivity contribution >= 4 is 12.6 Å². The summed E-state index contributed by atoms with van der Waals surface area (Å²) in [6.45, 7) is 4.73. The van der Waals surface area contributed by atoms with Gasteiger partial charge in [-0.05, 0) is 31.9 Å². The smallest absolute Gasteiger partial charge is 0.423 e. The van der Waals surface area contributed by atoms with Crippen LogP contribution in [0.3, 0.4) is 0 Å². The van der Waals surface area contributed by atoms with Gasteiger partial charge in [0.15, 0.2) is 0 Å². The van der Waals surface area contributed by atoms with Crippen molar-refractivity contribution in [2.45, 2.75) is 32.5 Å². The third-order valence-corrected chi connectivity index (χ3v) is 3.01. The molecule has 0 saturated heterocycles. The zero-order valence-electron chi connectivity index (χ0n) is 11.5. The normalized spacial score (nSPS) is 11.7. The second-order valence-corrected chi connectivity index (χ2v) is 5.00. The molecule has 0 amide bonds. The Morgan fingerprint density at radius 3 is 2.58 bits per heavy atom. The minimum absolute atomic E-state index is 0.140. The molecule has 6 heteroatoms. The molecule has 0 aliphatic rings. The van der Waals surface area contributed by atoms with Crippen molar-refractivity contribution in [3.8, 4) is 0 Å². The molecule has 2 N–H and O–H groups in total. The molecule has 19 heavy (non-hydrogen) atoms. The van der Waals surface area contributed by atoms with Gasteiger partial charge in [0.25, 0.3) is 0 Å². The average Bonchev–Trinajstić information content (AvgIpc) is 2.36. The van der Waals surface area contributed by atoms with Gasteiger partial charge in [0.2, 0.25) is 0 Å². The molecule has 4 nitrogen and oxygen atoms in total. The summed E-state index contributed by atoms with van der Waals surface area (Å²) in [4.78, 5) is 0. The van der Waals surface area contributed by atoms with Crippen LogP contribution in [-0.4, -0.2) is 36.5 Å². The highest BCUT2D eigenvalue weighted by atomic mass is 19.1. The highest BCUT2D eigenvalue weighted by Crippen LogP contribution is 2.13. The van der Waals surface area contributed by atoms with Gasteiger partial charge in [-0.25, -0.2) is 4.39 Å². The summed E-state index contributed by atoms with van der Waals surface area (Å²) in [7, 11) is -0.165. The van der Waals surface area contributed by atoms with Crippen LogP contribution in [0, 0.1) is 5.82 Å². The van der Waals surface area contributed by atoms with E-state index in [1.54, 1.807) is 13.2 Å². The lowest BCUT2D eigenvalue weighted by Gasteiger charge is -2.22.